The number of nitrogens with zero attached hydrogens (tertiary/aromatic N) is 4. The van der Waals surface area contributed by atoms with Crippen molar-refractivity contribution in [3.63, 3.8) is 0 Å². The van der Waals surface area contributed by atoms with Crippen molar-refractivity contribution in [2.24, 2.45) is 0 Å². The quantitative estimate of drug-likeness (QED) is 0.559. The van der Waals surface area contributed by atoms with Crippen LogP contribution in [0.5, 0.6) is 0 Å². The summed E-state index contributed by atoms with van der Waals surface area (Å²) in [6, 6.07) is 12.2. The van der Waals surface area contributed by atoms with Gasteiger partial charge in [0.1, 0.15) is 5.69 Å². The highest BCUT2D eigenvalue weighted by Crippen LogP contribution is 2.25. The summed E-state index contributed by atoms with van der Waals surface area (Å²) in [6.07, 6.45) is 1.67. The van der Waals surface area contributed by atoms with Crippen LogP contribution in [0.15, 0.2) is 48.7 Å². The Morgan fingerprint density at radius 3 is 2.36 bits per heavy atom. The molecular formula is C16H10N4O2. The summed E-state index contributed by atoms with van der Waals surface area (Å²) in [5, 5.41) is 7.86. The zero-order valence-electron chi connectivity index (χ0n) is 11.4. The van der Waals surface area contributed by atoms with Crippen LogP contribution in [-0.2, 0) is 6.54 Å². The van der Waals surface area contributed by atoms with Gasteiger partial charge in [0.25, 0.3) is 0 Å². The Morgan fingerprint density at radius 2 is 1.64 bits per heavy atom. The zero-order chi connectivity index (χ0) is 15.1. The van der Waals surface area contributed by atoms with Gasteiger partial charge in [0, 0.05) is 17.3 Å². The van der Waals surface area contributed by atoms with Gasteiger partial charge in [-0.05, 0) is 12.1 Å². The monoisotopic (exact) mass is 290 g/mol. The summed E-state index contributed by atoms with van der Waals surface area (Å²) in [6.45, 7) is 0.296. The van der Waals surface area contributed by atoms with E-state index in [1.807, 2.05) is 18.2 Å². The minimum Gasteiger partial charge on any atom is -0.287 e. The van der Waals surface area contributed by atoms with Gasteiger partial charge in [-0.1, -0.05) is 35.5 Å². The zero-order valence-corrected chi connectivity index (χ0v) is 11.4. The van der Waals surface area contributed by atoms with Crippen molar-refractivity contribution in [1.82, 2.24) is 20.0 Å². The van der Waals surface area contributed by atoms with Gasteiger partial charge in [-0.2, -0.15) is 0 Å². The maximum Gasteiger partial charge on any atom is 0.216 e. The molecule has 0 bridgehead atoms. The Kier molecular flexibility index (Phi) is 2.69. The molecule has 0 saturated heterocycles. The van der Waals surface area contributed by atoms with Gasteiger partial charge < -0.3 is 0 Å². The summed E-state index contributed by atoms with van der Waals surface area (Å²) in [4.78, 5) is 29.3. The van der Waals surface area contributed by atoms with E-state index in [-0.39, 0.29) is 23.0 Å². The molecule has 2 aromatic heterocycles. The van der Waals surface area contributed by atoms with E-state index in [1.165, 1.54) is 4.68 Å². The smallest absolute Gasteiger partial charge is 0.216 e. The van der Waals surface area contributed by atoms with Crippen molar-refractivity contribution in [3.05, 3.63) is 76.9 Å². The minimum absolute atomic E-state index is 0.111. The number of carbonyl (C=O) groups is 2. The van der Waals surface area contributed by atoms with E-state index >= 15 is 0 Å². The lowest BCUT2D eigenvalue weighted by atomic mass is 9.90. The number of ketones is 2. The average molecular weight is 290 g/mol. The fraction of sp³-hybridized carbons (Fsp3) is 0.0625. The topological polar surface area (TPSA) is 77.7 Å². The van der Waals surface area contributed by atoms with Gasteiger partial charge in [0.15, 0.2) is 5.69 Å². The molecule has 0 aliphatic heterocycles. The molecule has 1 aromatic carbocycles. The van der Waals surface area contributed by atoms with Gasteiger partial charge >= 0.3 is 0 Å². The van der Waals surface area contributed by atoms with Crippen LogP contribution in [0.1, 0.15) is 37.8 Å². The molecule has 0 N–H and O–H groups in total. The van der Waals surface area contributed by atoms with Crippen LogP contribution in [0.3, 0.4) is 0 Å². The molecule has 1 aliphatic rings. The third-order valence-corrected chi connectivity index (χ3v) is 3.62. The van der Waals surface area contributed by atoms with E-state index < -0.39 is 0 Å². The number of benzene rings is 1. The van der Waals surface area contributed by atoms with Crippen molar-refractivity contribution in [2.75, 3.05) is 0 Å². The molecule has 0 saturated carbocycles. The lowest BCUT2D eigenvalue weighted by Gasteiger charge is -2.14. The third kappa shape index (κ3) is 1.77. The van der Waals surface area contributed by atoms with Crippen LogP contribution < -0.4 is 0 Å². The molecule has 0 atom stereocenters. The first-order valence-corrected chi connectivity index (χ1v) is 6.77. The van der Waals surface area contributed by atoms with Gasteiger partial charge in [-0.15, -0.1) is 5.10 Å². The van der Waals surface area contributed by atoms with Crippen molar-refractivity contribution in [2.45, 2.75) is 6.54 Å². The Hall–Kier alpha value is -3.15. The van der Waals surface area contributed by atoms with Crippen LogP contribution in [-0.4, -0.2) is 31.5 Å². The van der Waals surface area contributed by atoms with Crippen LogP contribution in [0.25, 0.3) is 0 Å². The first-order chi connectivity index (χ1) is 10.8. The van der Waals surface area contributed by atoms with Gasteiger partial charge in [0.05, 0.1) is 12.2 Å². The van der Waals surface area contributed by atoms with Crippen LogP contribution in [0.2, 0.25) is 0 Å². The number of hydrogen-bond acceptors (Lipinski definition) is 5. The van der Waals surface area contributed by atoms with Gasteiger partial charge in [-0.25, -0.2) is 4.68 Å². The molecule has 22 heavy (non-hydrogen) atoms. The van der Waals surface area contributed by atoms with Crippen LogP contribution in [0, 0.1) is 0 Å². The third-order valence-electron chi connectivity index (χ3n) is 3.62. The van der Waals surface area contributed by atoms with E-state index in [0.717, 1.165) is 5.69 Å². The number of carbonyl (C=O) groups excluding carboxylic acids is 2. The molecule has 0 radical (unpaired) electrons. The Balaban J connectivity index is 1.82. The molecule has 106 valence electrons. The van der Waals surface area contributed by atoms with Crippen LogP contribution >= 0.6 is 0 Å². The van der Waals surface area contributed by atoms with Crippen molar-refractivity contribution >= 4 is 11.6 Å². The summed E-state index contributed by atoms with van der Waals surface area (Å²) in [5.41, 5.74) is 1.86. The fourth-order valence-electron chi connectivity index (χ4n) is 2.58. The minimum atomic E-state index is -0.266. The highest BCUT2D eigenvalue weighted by molar-refractivity contribution is 6.26. The Labute approximate surface area is 125 Å². The number of hydrogen-bond donors (Lipinski definition) is 0. The van der Waals surface area contributed by atoms with E-state index in [1.54, 1.807) is 30.5 Å². The Morgan fingerprint density at radius 1 is 0.909 bits per heavy atom. The summed E-state index contributed by atoms with van der Waals surface area (Å²) in [5.74, 6) is -0.497. The van der Waals surface area contributed by atoms with Crippen molar-refractivity contribution < 1.29 is 9.59 Å². The number of fused-ring (bicyclic) bond motifs is 2. The van der Waals surface area contributed by atoms with Crippen LogP contribution in [0.4, 0.5) is 0 Å². The second kappa shape index (κ2) is 4.70. The lowest BCUT2D eigenvalue weighted by Crippen LogP contribution is -2.23. The maximum absolute atomic E-state index is 12.7. The second-order valence-electron chi connectivity index (χ2n) is 4.97. The lowest BCUT2D eigenvalue weighted by molar-refractivity contribution is 0.0971. The predicted molar refractivity (Wildman–Crippen MR) is 76.7 cm³/mol. The first-order valence-electron chi connectivity index (χ1n) is 6.77. The molecule has 0 amide bonds. The molecule has 0 unspecified atom stereocenters. The molecule has 6 nitrogen and oxygen atoms in total. The average Bonchev–Trinajstić information content (AvgIpc) is 2.98. The fourth-order valence-corrected chi connectivity index (χ4v) is 2.58. The van der Waals surface area contributed by atoms with Crippen molar-refractivity contribution in [3.8, 4) is 0 Å². The van der Waals surface area contributed by atoms with E-state index in [4.69, 9.17) is 0 Å². The Bertz CT molecular complexity index is 900. The SMILES string of the molecule is O=C1c2ccccc2C(=O)c2c1nnn2Cc1ccccn1. The second-order valence-corrected chi connectivity index (χ2v) is 4.97. The molecule has 6 heteroatoms. The highest BCUT2D eigenvalue weighted by Gasteiger charge is 2.34. The standard InChI is InChI=1S/C16H10N4O2/c21-15-11-6-1-2-7-12(11)16(22)14-13(15)18-19-20(14)9-10-5-3-4-8-17-10/h1-8H,9H2. The predicted octanol–water partition coefficient (Wildman–Crippen LogP) is 1.50. The molecule has 2 heterocycles. The highest BCUT2D eigenvalue weighted by atomic mass is 16.1. The summed E-state index contributed by atoms with van der Waals surface area (Å²) in [7, 11) is 0. The van der Waals surface area contributed by atoms with E-state index in [9.17, 15) is 9.59 Å². The molecule has 1 aliphatic carbocycles. The number of pyridine rings is 1. The van der Waals surface area contributed by atoms with Crippen molar-refractivity contribution in [1.29, 1.82) is 0 Å². The maximum atomic E-state index is 12.7. The molecule has 4 rings (SSSR count). The number of rotatable bonds is 2. The largest absolute Gasteiger partial charge is 0.287 e. The van der Waals surface area contributed by atoms with Gasteiger partial charge in [0.2, 0.25) is 11.6 Å². The van der Waals surface area contributed by atoms with E-state index in [0.29, 0.717) is 17.7 Å². The van der Waals surface area contributed by atoms with E-state index in [2.05, 4.69) is 15.3 Å². The molecule has 0 fully saturated rings. The normalized spacial score (nSPS) is 12.9. The van der Waals surface area contributed by atoms with Gasteiger partial charge in [-0.3, -0.25) is 14.6 Å². The molecule has 0 spiro atoms. The molecular weight excluding hydrogens is 280 g/mol. The number of aromatic nitrogens is 4. The summed E-state index contributed by atoms with van der Waals surface area (Å²) >= 11 is 0. The summed E-state index contributed by atoms with van der Waals surface area (Å²) < 4.78 is 1.44. The molecule has 3 aromatic rings. The first kappa shape index (κ1) is 12.6.